The molecule has 2 heterocycles. The van der Waals surface area contributed by atoms with Crippen molar-refractivity contribution in [1.29, 1.82) is 0 Å². The molecule has 7 nitrogen and oxygen atoms in total. The molecule has 0 bridgehead atoms. The predicted octanol–water partition coefficient (Wildman–Crippen LogP) is 4.84. The smallest absolute Gasteiger partial charge is 0.416 e. The molecule has 0 atom stereocenters. The van der Waals surface area contributed by atoms with Gasteiger partial charge in [0.2, 0.25) is 0 Å². The standard InChI is InChI=1S/C23H21F3N4O3/c1-14-19(28-30(27-14)17-6-4-16(5-7-17)23(24,25)26)13-29-11-10-15-12-18(8-9-20(15)29)33-22(2,3)21(31)32/h4-12H,13H2,1-3H3,(H,31,32). The molecule has 0 saturated heterocycles. The molecule has 0 spiro atoms. The highest BCUT2D eigenvalue weighted by Crippen LogP contribution is 2.30. The number of ether oxygens (including phenoxy) is 1. The van der Waals surface area contributed by atoms with Crippen LogP contribution in [0.3, 0.4) is 0 Å². The van der Waals surface area contributed by atoms with Crippen molar-refractivity contribution in [2.24, 2.45) is 0 Å². The lowest BCUT2D eigenvalue weighted by Crippen LogP contribution is -2.37. The number of hydrogen-bond acceptors (Lipinski definition) is 4. The number of hydrogen-bond donors (Lipinski definition) is 1. The van der Waals surface area contributed by atoms with E-state index in [1.807, 2.05) is 22.9 Å². The quantitative estimate of drug-likeness (QED) is 0.447. The van der Waals surface area contributed by atoms with E-state index in [1.165, 1.54) is 30.8 Å². The van der Waals surface area contributed by atoms with Crippen LogP contribution in [0.2, 0.25) is 0 Å². The Morgan fingerprint density at radius 1 is 1.06 bits per heavy atom. The number of carbonyl (C=O) groups is 1. The molecule has 0 radical (unpaired) electrons. The number of aliphatic carboxylic acids is 1. The molecule has 0 unspecified atom stereocenters. The van der Waals surface area contributed by atoms with Gasteiger partial charge in [-0.3, -0.25) is 0 Å². The van der Waals surface area contributed by atoms with Crippen LogP contribution in [0.5, 0.6) is 5.75 Å². The van der Waals surface area contributed by atoms with E-state index in [9.17, 15) is 23.1 Å². The number of benzene rings is 2. The van der Waals surface area contributed by atoms with Gasteiger partial charge in [0.15, 0.2) is 5.60 Å². The summed E-state index contributed by atoms with van der Waals surface area (Å²) in [6.45, 7) is 5.15. The minimum atomic E-state index is -4.40. The van der Waals surface area contributed by atoms with Gasteiger partial charge in [-0.25, -0.2) is 4.79 Å². The van der Waals surface area contributed by atoms with Crippen LogP contribution in [0.4, 0.5) is 13.2 Å². The van der Waals surface area contributed by atoms with Crippen LogP contribution < -0.4 is 4.74 Å². The zero-order chi connectivity index (χ0) is 24.0. The normalized spacial score (nSPS) is 12.3. The van der Waals surface area contributed by atoms with E-state index in [4.69, 9.17) is 4.74 Å². The predicted molar refractivity (Wildman–Crippen MR) is 114 cm³/mol. The summed E-state index contributed by atoms with van der Waals surface area (Å²) in [5.74, 6) is -0.621. The van der Waals surface area contributed by atoms with Crippen molar-refractivity contribution in [1.82, 2.24) is 19.6 Å². The summed E-state index contributed by atoms with van der Waals surface area (Å²) in [5.41, 5.74) is 0.546. The molecule has 2 aromatic carbocycles. The van der Waals surface area contributed by atoms with Crippen LogP contribution >= 0.6 is 0 Å². The first-order chi connectivity index (χ1) is 15.4. The Kier molecular flexibility index (Phi) is 5.39. The van der Waals surface area contributed by atoms with Crippen molar-refractivity contribution in [3.05, 3.63) is 71.7 Å². The zero-order valence-corrected chi connectivity index (χ0v) is 18.1. The lowest BCUT2D eigenvalue weighted by Gasteiger charge is -2.21. The summed E-state index contributed by atoms with van der Waals surface area (Å²) in [6, 6.07) is 11.8. The number of fused-ring (bicyclic) bond motifs is 1. The van der Waals surface area contributed by atoms with Crippen molar-refractivity contribution in [2.75, 3.05) is 0 Å². The average Bonchev–Trinajstić information content (AvgIpc) is 3.30. The summed E-state index contributed by atoms with van der Waals surface area (Å²) >= 11 is 0. The SMILES string of the molecule is Cc1nn(-c2ccc(C(F)(F)F)cc2)nc1Cn1ccc2cc(OC(C)(C)C(=O)O)ccc21. The number of carboxylic acids is 1. The monoisotopic (exact) mass is 458 g/mol. The molecule has 1 N–H and O–H groups in total. The van der Waals surface area contributed by atoms with E-state index in [0.29, 0.717) is 29.4 Å². The highest BCUT2D eigenvalue weighted by Gasteiger charge is 2.30. The number of halogens is 3. The molecule has 0 amide bonds. The van der Waals surface area contributed by atoms with Gasteiger partial charge in [-0.2, -0.15) is 28.2 Å². The summed E-state index contributed by atoms with van der Waals surface area (Å²) in [5, 5.41) is 18.9. The number of nitrogens with zero attached hydrogens (tertiary/aromatic N) is 4. The largest absolute Gasteiger partial charge is 0.478 e. The van der Waals surface area contributed by atoms with Crippen LogP contribution in [0, 0.1) is 6.92 Å². The van der Waals surface area contributed by atoms with E-state index >= 15 is 0 Å². The number of rotatable bonds is 6. The van der Waals surface area contributed by atoms with Gasteiger partial charge in [0.05, 0.1) is 23.5 Å². The Bertz CT molecular complexity index is 1320. The van der Waals surface area contributed by atoms with Crippen molar-refractivity contribution in [2.45, 2.75) is 39.1 Å². The third kappa shape index (κ3) is 4.55. The van der Waals surface area contributed by atoms with Gasteiger partial charge in [0.25, 0.3) is 0 Å². The fourth-order valence-electron chi connectivity index (χ4n) is 3.33. The Balaban J connectivity index is 1.56. The lowest BCUT2D eigenvalue weighted by atomic mass is 10.1. The molecular weight excluding hydrogens is 437 g/mol. The average molecular weight is 458 g/mol. The second kappa shape index (κ2) is 7.95. The number of aromatic nitrogens is 4. The summed E-state index contributed by atoms with van der Waals surface area (Å²) in [7, 11) is 0. The van der Waals surface area contributed by atoms with Crippen LogP contribution in [0.1, 0.15) is 30.8 Å². The maximum absolute atomic E-state index is 12.8. The second-order valence-electron chi connectivity index (χ2n) is 8.15. The zero-order valence-electron chi connectivity index (χ0n) is 18.1. The Hall–Kier alpha value is -3.82. The third-order valence-corrected chi connectivity index (χ3v) is 5.25. The molecule has 10 heteroatoms. The fraction of sp³-hybridized carbons (Fsp3) is 0.261. The molecule has 2 aromatic heterocycles. The van der Waals surface area contributed by atoms with Gasteiger partial charge in [-0.05, 0) is 69.3 Å². The molecule has 33 heavy (non-hydrogen) atoms. The Morgan fingerprint density at radius 3 is 2.39 bits per heavy atom. The van der Waals surface area contributed by atoms with Crippen LogP contribution in [0.15, 0.2) is 54.7 Å². The molecule has 0 aliphatic carbocycles. The first-order valence-corrected chi connectivity index (χ1v) is 10.1. The highest BCUT2D eigenvalue weighted by atomic mass is 19.4. The molecule has 0 fully saturated rings. The van der Waals surface area contributed by atoms with Crippen LogP contribution in [-0.2, 0) is 17.5 Å². The van der Waals surface area contributed by atoms with Gasteiger partial charge in [0, 0.05) is 17.1 Å². The molecule has 172 valence electrons. The molecule has 0 saturated carbocycles. The molecule has 0 aliphatic rings. The second-order valence-corrected chi connectivity index (χ2v) is 8.15. The van der Waals surface area contributed by atoms with Crippen molar-refractivity contribution < 1.29 is 27.8 Å². The Labute approximate surface area is 187 Å². The van der Waals surface area contributed by atoms with Crippen LogP contribution in [0.25, 0.3) is 16.6 Å². The number of aryl methyl sites for hydroxylation is 1. The number of carboxylic acid groups (broad SMARTS) is 1. The van der Waals surface area contributed by atoms with Gasteiger partial charge in [-0.15, -0.1) is 0 Å². The van der Waals surface area contributed by atoms with Crippen molar-refractivity contribution in [3.8, 4) is 11.4 Å². The van der Waals surface area contributed by atoms with Gasteiger partial charge in [0.1, 0.15) is 11.4 Å². The third-order valence-electron chi connectivity index (χ3n) is 5.25. The summed E-state index contributed by atoms with van der Waals surface area (Å²) in [6.07, 6.45) is -2.53. The van der Waals surface area contributed by atoms with E-state index < -0.39 is 23.3 Å². The van der Waals surface area contributed by atoms with Gasteiger partial charge in [-0.1, -0.05) is 0 Å². The van der Waals surface area contributed by atoms with E-state index in [-0.39, 0.29) is 0 Å². The van der Waals surface area contributed by atoms with Gasteiger partial charge < -0.3 is 14.4 Å². The highest BCUT2D eigenvalue weighted by molar-refractivity contribution is 5.82. The first kappa shape index (κ1) is 22.4. The molecule has 0 aliphatic heterocycles. The molecule has 4 rings (SSSR count). The van der Waals surface area contributed by atoms with Gasteiger partial charge >= 0.3 is 12.1 Å². The van der Waals surface area contributed by atoms with E-state index in [2.05, 4.69) is 10.2 Å². The van der Waals surface area contributed by atoms with Crippen LogP contribution in [-0.4, -0.2) is 36.2 Å². The maximum atomic E-state index is 12.8. The minimum absolute atomic E-state index is 0.400. The fourth-order valence-corrected chi connectivity index (χ4v) is 3.33. The topological polar surface area (TPSA) is 82.2 Å². The number of alkyl halides is 3. The Morgan fingerprint density at radius 2 is 1.76 bits per heavy atom. The minimum Gasteiger partial charge on any atom is -0.478 e. The first-order valence-electron chi connectivity index (χ1n) is 10.1. The van der Waals surface area contributed by atoms with Crippen molar-refractivity contribution >= 4 is 16.9 Å². The van der Waals surface area contributed by atoms with E-state index in [0.717, 1.165) is 23.0 Å². The van der Waals surface area contributed by atoms with Crippen molar-refractivity contribution in [3.63, 3.8) is 0 Å². The summed E-state index contributed by atoms with van der Waals surface area (Å²) < 4.78 is 45.9. The lowest BCUT2D eigenvalue weighted by molar-refractivity contribution is -0.152. The summed E-state index contributed by atoms with van der Waals surface area (Å²) in [4.78, 5) is 12.6. The maximum Gasteiger partial charge on any atom is 0.416 e. The molecule has 4 aromatic rings. The molecular formula is C23H21F3N4O3. The van der Waals surface area contributed by atoms with E-state index in [1.54, 1.807) is 19.1 Å².